The minimum absolute atomic E-state index is 0.173. The molecule has 2 amide bonds. The number of hydrogen-bond donors (Lipinski definition) is 3. The van der Waals surface area contributed by atoms with Crippen LogP contribution in [-0.4, -0.2) is 18.4 Å². The van der Waals surface area contributed by atoms with Crippen molar-refractivity contribution in [2.24, 2.45) is 11.5 Å². The third kappa shape index (κ3) is 3.22. The fourth-order valence-electron chi connectivity index (χ4n) is 1.15. The average molecular weight is 242 g/mol. The molecule has 5 N–H and O–H groups in total. The Labute approximate surface area is 97.7 Å². The summed E-state index contributed by atoms with van der Waals surface area (Å²) in [7, 11) is 0. The van der Waals surface area contributed by atoms with E-state index < -0.39 is 5.91 Å². The van der Waals surface area contributed by atoms with Crippen LogP contribution in [0.4, 0.5) is 5.69 Å². The highest BCUT2D eigenvalue weighted by molar-refractivity contribution is 6.33. The number of nitrogens with one attached hydrogen (secondary N) is 1. The van der Waals surface area contributed by atoms with Crippen LogP contribution < -0.4 is 16.8 Å². The maximum absolute atomic E-state index is 11.2. The third-order valence-corrected chi connectivity index (χ3v) is 2.22. The first-order valence-electron chi connectivity index (χ1n) is 4.64. The highest BCUT2D eigenvalue weighted by Gasteiger charge is 2.08. The normalized spacial score (nSPS) is 9.88. The van der Waals surface area contributed by atoms with Crippen LogP contribution in [0.15, 0.2) is 18.2 Å². The fourth-order valence-corrected chi connectivity index (χ4v) is 1.36. The van der Waals surface area contributed by atoms with Crippen LogP contribution in [0, 0.1) is 0 Å². The largest absolute Gasteiger partial charge is 0.366 e. The fraction of sp³-hybridized carbons (Fsp3) is 0.200. The molecule has 0 bridgehead atoms. The van der Waals surface area contributed by atoms with Crippen molar-refractivity contribution in [3.05, 3.63) is 28.8 Å². The second-order valence-corrected chi connectivity index (χ2v) is 3.55. The summed E-state index contributed by atoms with van der Waals surface area (Å²) in [6.07, 6.45) is 0.217. The van der Waals surface area contributed by atoms with Crippen molar-refractivity contribution in [1.82, 2.24) is 0 Å². The van der Waals surface area contributed by atoms with E-state index in [-0.39, 0.29) is 29.5 Å². The average Bonchev–Trinajstić information content (AvgIpc) is 2.21. The van der Waals surface area contributed by atoms with Crippen LogP contribution in [0.5, 0.6) is 0 Å². The minimum atomic E-state index is -0.639. The molecule has 86 valence electrons. The van der Waals surface area contributed by atoms with Crippen molar-refractivity contribution in [3.8, 4) is 0 Å². The number of carbonyl (C=O) groups excluding carboxylic acids is 2. The van der Waals surface area contributed by atoms with Gasteiger partial charge in [0.15, 0.2) is 0 Å². The summed E-state index contributed by atoms with van der Waals surface area (Å²) in [5, 5.41) is 2.83. The molecular formula is C10H12ClN3O2. The molecule has 0 aromatic heterocycles. The van der Waals surface area contributed by atoms with E-state index in [1.807, 2.05) is 0 Å². The smallest absolute Gasteiger partial charge is 0.250 e. The lowest BCUT2D eigenvalue weighted by Gasteiger charge is -2.06. The Morgan fingerprint density at radius 2 is 2.06 bits per heavy atom. The van der Waals surface area contributed by atoms with Crippen molar-refractivity contribution in [2.45, 2.75) is 6.42 Å². The van der Waals surface area contributed by atoms with Crippen LogP contribution in [0.25, 0.3) is 0 Å². The van der Waals surface area contributed by atoms with Crippen molar-refractivity contribution in [3.63, 3.8) is 0 Å². The third-order valence-electron chi connectivity index (χ3n) is 1.89. The number of primary amides is 1. The topological polar surface area (TPSA) is 98.2 Å². The van der Waals surface area contributed by atoms with E-state index in [2.05, 4.69) is 5.32 Å². The predicted molar refractivity (Wildman–Crippen MR) is 62.3 cm³/mol. The summed E-state index contributed by atoms with van der Waals surface area (Å²) in [5.74, 6) is -0.861. The Bertz CT molecular complexity index is 421. The molecule has 0 heterocycles. The highest BCUT2D eigenvalue weighted by Crippen LogP contribution is 2.20. The molecule has 0 unspecified atom stereocenters. The van der Waals surface area contributed by atoms with Gasteiger partial charge >= 0.3 is 0 Å². The van der Waals surface area contributed by atoms with Gasteiger partial charge in [0.25, 0.3) is 0 Å². The SMILES string of the molecule is NCCC(=O)Nc1ccc(Cl)c(C(N)=O)c1. The van der Waals surface area contributed by atoms with Crippen molar-refractivity contribution in [1.29, 1.82) is 0 Å². The molecule has 16 heavy (non-hydrogen) atoms. The number of halogens is 1. The van der Waals surface area contributed by atoms with E-state index in [0.29, 0.717) is 5.69 Å². The van der Waals surface area contributed by atoms with Gasteiger partial charge in [0.05, 0.1) is 10.6 Å². The Balaban J connectivity index is 2.87. The van der Waals surface area contributed by atoms with Crippen molar-refractivity contribution in [2.75, 3.05) is 11.9 Å². The standard InChI is InChI=1S/C10H12ClN3O2/c11-8-2-1-6(5-7(8)10(13)16)14-9(15)3-4-12/h1-2,5H,3-4,12H2,(H2,13,16)(H,14,15). The van der Waals surface area contributed by atoms with Crippen molar-refractivity contribution >= 4 is 29.1 Å². The first-order chi connectivity index (χ1) is 7.54. The Kier molecular flexibility index (Phi) is 4.28. The lowest BCUT2D eigenvalue weighted by molar-refractivity contribution is -0.116. The molecule has 0 atom stereocenters. The van der Waals surface area contributed by atoms with Crippen LogP contribution in [0.1, 0.15) is 16.8 Å². The first-order valence-corrected chi connectivity index (χ1v) is 5.01. The Hall–Kier alpha value is -1.59. The zero-order valence-electron chi connectivity index (χ0n) is 8.50. The maximum atomic E-state index is 11.2. The zero-order valence-corrected chi connectivity index (χ0v) is 9.25. The van der Waals surface area contributed by atoms with Gasteiger partial charge in [0, 0.05) is 18.7 Å². The zero-order chi connectivity index (χ0) is 12.1. The molecule has 1 rings (SSSR count). The number of amides is 2. The molecule has 0 spiro atoms. The minimum Gasteiger partial charge on any atom is -0.366 e. The molecule has 1 aromatic carbocycles. The van der Waals surface area contributed by atoms with E-state index in [1.165, 1.54) is 12.1 Å². The quantitative estimate of drug-likeness (QED) is 0.725. The maximum Gasteiger partial charge on any atom is 0.250 e. The second-order valence-electron chi connectivity index (χ2n) is 3.15. The van der Waals surface area contributed by atoms with Gasteiger partial charge in [0.1, 0.15) is 0 Å². The van der Waals surface area contributed by atoms with E-state index in [9.17, 15) is 9.59 Å². The summed E-state index contributed by atoms with van der Waals surface area (Å²) < 4.78 is 0. The molecule has 0 aliphatic heterocycles. The van der Waals surface area contributed by atoms with Crippen LogP contribution >= 0.6 is 11.6 Å². The Morgan fingerprint density at radius 3 is 2.62 bits per heavy atom. The second kappa shape index (κ2) is 5.48. The van der Waals surface area contributed by atoms with E-state index in [0.717, 1.165) is 0 Å². The van der Waals surface area contributed by atoms with Gasteiger partial charge in [-0.05, 0) is 18.2 Å². The molecule has 0 saturated carbocycles. The molecule has 1 aromatic rings. The van der Waals surface area contributed by atoms with Gasteiger partial charge in [-0.3, -0.25) is 9.59 Å². The summed E-state index contributed by atoms with van der Waals surface area (Å²) >= 11 is 5.76. The van der Waals surface area contributed by atoms with Gasteiger partial charge in [0.2, 0.25) is 11.8 Å². The lowest BCUT2D eigenvalue weighted by Crippen LogP contribution is -2.17. The van der Waals surface area contributed by atoms with Gasteiger partial charge in [-0.25, -0.2) is 0 Å². The summed E-state index contributed by atoms with van der Waals surface area (Å²) in [4.78, 5) is 22.2. The molecule has 0 radical (unpaired) electrons. The van der Waals surface area contributed by atoms with Crippen LogP contribution in [0.2, 0.25) is 5.02 Å². The number of carbonyl (C=O) groups is 2. The monoisotopic (exact) mass is 241 g/mol. The molecule has 6 heteroatoms. The summed E-state index contributed by atoms with van der Waals surface area (Å²) in [6, 6.07) is 4.52. The predicted octanol–water partition coefficient (Wildman–Crippen LogP) is 0.726. The Morgan fingerprint density at radius 1 is 1.38 bits per heavy atom. The van der Waals surface area contributed by atoms with Gasteiger partial charge in [-0.1, -0.05) is 11.6 Å². The number of benzene rings is 1. The molecule has 5 nitrogen and oxygen atoms in total. The molecule has 0 saturated heterocycles. The van der Waals surface area contributed by atoms with Crippen LogP contribution in [0.3, 0.4) is 0 Å². The lowest BCUT2D eigenvalue weighted by atomic mass is 10.2. The van der Waals surface area contributed by atoms with E-state index in [1.54, 1.807) is 6.07 Å². The molecule has 0 aliphatic carbocycles. The number of hydrogen-bond acceptors (Lipinski definition) is 3. The van der Waals surface area contributed by atoms with Gasteiger partial charge in [-0.15, -0.1) is 0 Å². The molecule has 0 fully saturated rings. The van der Waals surface area contributed by atoms with Gasteiger partial charge < -0.3 is 16.8 Å². The number of anilines is 1. The van der Waals surface area contributed by atoms with Crippen LogP contribution in [-0.2, 0) is 4.79 Å². The highest BCUT2D eigenvalue weighted by atomic mass is 35.5. The molecular weight excluding hydrogens is 230 g/mol. The van der Waals surface area contributed by atoms with E-state index >= 15 is 0 Å². The van der Waals surface area contributed by atoms with E-state index in [4.69, 9.17) is 23.1 Å². The number of rotatable bonds is 4. The summed E-state index contributed by atoms with van der Waals surface area (Å²) in [6.45, 7) is 0.266. The first kappa shape index (κ1) is 12.5. The van der Waals surface area contributed by atoms with Gasteiger partial charge in [-0.2, -0.15) is 0 Å². The number of nitrogens with two attached hydrogens (primary N) is 2. The van der Waals surface area contributed by atoms with Crippen molar-refractivity contribution < 1.29 is 9.59 Å². The molecule has 0 aliphatic rings. The summed E-state index contributed by atoms with van der Waals surface area (Å²) in [5.41, 5.74) is 11.0.